The predicted octanol–water partition coefficient (Wildman–Crippen LogP) is 5.60. The van der Waals surface area contributed by atoms with Crippen LogP contribution in [0.3, 0.4) is 0 Å². The minimum atomic E-state index is -4.62. The molecule has 1 amide bonds. The molecule has 1 N–H and O–H groups in total. The van der Waals surface area contributed by atoms with Gasteiger partial charge in [-0.25, -0.2) is 9.97 Å². The Hall–Kier alpha value is -2.78. The number of fused-ring (bicyclic) bond motifs is 1. The molecule has 182 valence electrons. The van der Waals surface area contributed by atoms with E-state index in [9.17, 15) is 18.0 Å². The molecule has 3 rings (SSSR count). The molecule has 10 heteroatoms. The highest BCUT2D eigenvalue weighted by molar-refractivity contribution is 6.35. The Balaban J connectivity index is 1.90. The number of rotatable bonds is 9. The van der Waals surface area contributed by atoms with Crippen LogP contribution >= 0.6 is 11.6 Å². The minimum Gasteiger partial charge on any atom is -0.350 e. The Labute approximate surface area is 201 Å². The van der Waals surface area contributed by atoms with E-state index in [1.165, 1.54) is 12.4 Å². The summed E-state index contributed by atoms with van der Waals surface area (Å²) in [4.78, 5) is 26.8. The summed E-state index contributed by atoms with van der Waals surface area (Å²) in [5.74, 6) is -1.58. The SMILES string of the molecule is CCCN(CCC)C(CNC(=O)c1c(Cl)ccc2nc(C)ccc12)c1cnc(C(F)(F)F)nc1. The average Bonchev–Trinajstić information content (AvgIpc) is 2.79. The van der Waals surface area contributed by atoms with Gasteiger partial charge < -0.3 is 5.32 Å². The number of pyridine rings is 1. The largest absolute Gasteiger partial charge is 0.451 e. The van der Waals surface area contributed by atoms with E-state index in [0.29, 0.717) is 40.1 Å². The van der Waals surface area contributed by atoms with Gasteiger partial charge in [0.25, 0.3) is 5.91 Å². The fourth-order valence-electron chi connectivity index (χ4n) is 3.90. The van der Waals surface area contributed by atoms with E-state index >= 15 is 0 Å². The first-order chi connectivity index (χ1) is 16.2. The van der Waals surface area contributed by atoms with E-state index in [0.717, 1.165) is 18.5 Å². The Morgan fingerprint density at radius 3 is 2.32 bits per heavy atom. The molecule has 2 aromatic heterocycles. The number of carbonyl (C=O) groups is 1. The summed E-state index contributed by atoms with van der Waals surface area (Å²) in [7, 11) is 0. The summed E-state index contributed by atoms with van der Waals surface area (Å²) in [6, 6.07) is 6.60. The Kier molecular flexibility index (Phi) is 8.43. The van der Waals surface area contributed by atoms with Crippen molar-refractivity contribution in [3.8, 4) is 0 Å². The van der Waals surface area contributed by atoms with Gasteiger partial charge in [-0.05, 0) is 51.1 Å². The average molecular weight is 494 g/mol. The summed E-state index contributed by atoms with van der Waals surface area (Å²) in [5.41, 5.74) is 2.28. The molecule has 0 bridgehead atoms. The molecule has 0 aliphatic carbocycles. The van der Waals surface area contributed by atoms with Gasteiger partial charge in [-0.15, -0.1) is 0 Å². The second-order valence-electron chi connectivity index (χ2n) is 8.04. The highest BCUT2D eigenvalue weighted by atomic mass is 35.5. The second kappa shape index (κ2) is 11.1. The summed E-state index contributed by atoms with van der Waals surface area (Å²) in [6.07, 6.45) is -0.574. The lowest BCUT2D eigenvalue weighted by atomic mass is 10.1. The summed E-state index contributed by atoms with van der Waals surface area (Å²) < 4.78 is 38.8. The first-order valence-corrected chi connectivity index (χ1v) is 11.5. The number of alkyl halides is 3. The Morgan fingerprint density at radius 2 is 1.74 bits per heavy atom. The highest BCUT2D eigenvalue weighted by Gasteiger charge is 2.34. The maximum absolute atomic E-state index is 13.2. The van der Waals surface area contributed by atoms with E-state index < -0.39 is 18.0 Å². The molecule has 0 saturated carbocycles. The Bertz CT molecular complexity index is 1130. The van der Waals surface area contributed by atoms with Gasteiger partial charge in [0.15, 0.2) is 0 Å². The van der Waals surface area contributed by atoms with Crippen molar-refractivity contribution >= 4 is 28.4 Å². The topological polar surface area (TPSA) is 71.0 Å². The number of amides is 1. The molecule has 0 aliphatic rings. The second-order valence-corrected chi connectivity index (χ2v) is 8.45. The third-order valence-corrected chi connectivity index (χ3v) is 5.73. The zero-order valence-electron chi connectivity index (χ0n) is 19.3. The molecule has 6 nitrogen and oxygen atoms in total. The number of nitrogens with one attached hydrogen (secondary N) is 1. The van der Waals surface area contributed by atoms with Crippen LogP contribution < -0.4 is 5.32 Å². The molecule has 2 heterocycles. The molecule has 34 heavy (non-hydrogen) atoms. The molecule has 0 saturated heterocycles. The third-order valence-electron chi connectivity index (χ3n) is 5.42. The van der Waals surface area contributed by atoms with E-state index in [-0.39, 0.29) is 12.5 Å². The van der Waals surface area contributed by atoms with E-state index in [2.05, 4.69) is 25.2 Å². The quantitative estimate of drug-likeness (QED) is 0.420. The van der Waals surface area contributed by atoms with Crippen LogP contribution in [0.1, 0.15) is 60.2 Å². The van der Waals surface area contributed by atoms with E-state index in [4.69, 9.17) is 11.6 Å². The van der Waals surface area contributed by atoms with Crippen molar-refractivity contribution in [1.82, 2.24) is 25.2 Å². The fourth-order valence-corrected chi connectivity index (χ4v) is 4.15. The lowest BCUT2D eigenvalue weighted by Crippen LogP contribution is -2.39. The van der Waals surface area contributed by atoms with Gasteiger partial charge in [0, 0.05) is 35.6 Å². The van der Waals surface area contributed by atoms with Crippen LogP contribution in [0.15, 0.2) is 36.7 Å². The third kappa shape index (κ3) is 6.01. The van der Waals surface area contributed by atoms with Crippen molar-refractivity contribution in [3.05, 3.63) is 64.3 Å². The lowest BCUT2D eigenvalue weighted by Gasteiger charge is -2.31. The van der Waals surface area contributed by atoms with Crippen LogP contribution in [0.5, 0.6) is 0 Å². The molecule has 0 aliphatic heterocycles. The molecule has 1 unspecified atom stereocenters. The number of aryl methyl sites for hydroxylation is 1. The molecular formula is C24H27ClF3N5O. The van der Waals surface area contributed by atoms with Crippen molar-refractivity contribution in [2.24, 2.45) is 0 Å². The maximum Gasteiger partial charge on any atom is 0.451 e. The van der Waals surface area contributed by atoms with Crippen molar-refractivity contribution in [2.45, 2.75) is 45.8 Å². The molecule has 1 aromatic carbocycles. The standard InChI is InChI=1S/C24H27ClF3N5O/c1-4-10-33(11-5-2)20(16-12-30-23(31-13-16)24(26,27)28)14-29-22(34)21-17-7-6-15(3)32-19(17)9-8-18(21)25/h6-9,12-13,20H,4-5,10-11,14H2,1-3H3,(H,29,34). The zero-order chi connectivity index (χ0) is 24.9. The monoisotopic (exact) mass is 493 g/mol. The molecule has 0 spiro atoms. The van der Waals surface area contributed by atoms with Gasteiger partial charge in [0.2, 0.25) is 5.82 Å². The molecule has 1 atom stereocenters. The number of halogens is 4. The highest BCUT2D eigenvalue weighted by Crippen LogP contribution is 2.28. The maximum atomic E-state index is 13.2. The summed E-state index contributed by atoms with van der Waals surface area (Å²) in [6.45, 7) is 7.46. The number of nitrogens with zero attached hydrogens (tertiary/aromatic N) is 4. The van der Waals surface area contributed by atoms with Gasteiger partial charge in [0.1, 0.15) is 0 Å². The van der Waals surface area contributed by atoms with Gasteiger partial charge in [-0.2, -0.15) is 13.2 Å². The van der Waals surface area contributed by atoms with Gasteiger partial charge in [0.05, 0.1) is 22.1 Å². The van der Waals surface area contributed by atoms with Gasteiger partial charge in [-0.3, -0.25) is 14.7 Å². The smallest absolute Gasteiger partial charge is 0.350 e. The number of hydrogen-bond donors (Lipinski definition) is 1. The fraction of sp³-hybridized carbons (Fsp3) is 0.417. The normalized spacial score (nSPS) is 12.8. The molecule has 0 radical (unpaired) electrons. The van der Waals surface area contributed by atoms with Crippen molar-refractivity contribution in [2.75, 3.05) is 19.6 Å². The van der Waals surface area contributed by atoms with E-state index in [1.54, 1.807) is 18.2 Å². The Morgan fingerprint density at radius 1 is 1.09 bits per heavy atom. The number of carbonyl (C=O) groups excluding carboxylic acids is 1. The van der Waals surface area contributed by atoms with Crippen LogP contribution in [0, 0.1) is 6.92 Å². The van der Waals surface area contributed by atoms with Crippen molar-refractivity contribution in [1.29, 1.82) is 0 Å². The zero-order valence-corrected chi connectivity index (χ0v) is 20.0. The minimum absolute atomic E-state index is 0.152. The van der Waals surface area contributed by atoms with E-state index in [1.807, 2.05) is 26.8 Å². The van der Waals surface area contributed by atoms with Gasteiger partial charge in [-0.1, -0.05) is 31.5 Å². The summed E-state index contributed by atoms with van der Waals surface area (Å²) >= 11 is 6.37. The number of hydrogen-bond acceptors (Lipinski definition) is 5. The van der Waals surface area contributed by atoms with Crippen molar-refractivity contribution < 1.29 is 18.0 Å². The first-order valence-electron chi connectivity index (χ1n) is 11.1. The van der Waals surface area contributed by atoms with Crippen LogP contribution in [-0.4, -0.2) is 45.4 Å². The lowest BCUT2D eigenvalue weighted by molar-refractivity contribution is -0.145. The molecule has 3 aromatic rings. The van der Waals surface area contributed by atoms with Crippen LogP contribution in [0.4, 0.5) is 13.2 Å². The van der Waals surface area contributed by atoms with Crippen molar-refractivity contribution in [3.63, 3.8) is 0 Å². The van der Waals surface area contributed by atoms with Crippen LogP contribution in [0.25, 0.3) is 10.9 Å². The molecular weight excluding hydrogens is 467 g/mol. The predicted molar refractivity (Wildman–Crippen MR) is 126 cm³/mol. The number of aromatic nitrogens is 3. The van der Waals surface area contributed by atoms with Gasteiger partial charge >= 0.3 is 6.18 Å². The number of benzene rings is 1. The first kappa shape index (κ1) is 25.8. The van der Waals surface area contributed by atoms with Crippen LogP contribution in [-0.2, 0) is 6.18 Å². The summed E-state index contributed by atoms with van der Waals surface area (Å²) in [5, 5.41) is 3.84. The van der Waals surface area contributed by atoms with Crippen LogP contribution in [0.2, 0.25) is 5.02 Å². The molecule has 0 fully saturated rings.